The van der Waals surface area contributed by atoms with E-state index >= 15 is 0 Å². The Bertz CT molecular complexity index is 519. The number of aromatic nitrogens is 2. The molecule has 0 atom stereocenters. The van der Waals surface area contributed by atoms with Crippen LogP contribution in [0.1, 0.15) is 36.0 Å². The lowest BCUT2D eigenvalue weighted by Crippen LogP contribution is -2.13. The van der Waals surface area contributed by atoms with Gasteiger partial charge in [0.15, 0.2) is 5.82 Å². The minimum atomic E-state index is -0.217. The van der Waals surface area contributed by atoms with E-state index in [1.54, 1.807) is 12.1 Å². The molecule has 1 aliphatic carbocycles. The van der Waals surface area contributed by atoms with Gasteiger partial charge in [-0.2, -0.15) is 4.98 Å². The van der Waals surface area contributed by atoms with E-state index in [1.807, 2.05) is 0 Å². The lowest BCUT2D eigenvalue weighted by atomic mass is 10.2. The van der Waals surface area contributed by atoms with Crippen LogP contribution in [0.5, 0.6) is 0 Å². The Hall–Kier alpha value is -1.75. The highest BCUT2D eigenvalue weighted by Crippen LogP contribution is 2.38. The van der Waals surface area contributed by atoms with Crippen molar-refractivity contribution in [1.29, 1.82) is 0 Å². The fourth-order valence-corrected chi connectivity index (χ4v) is 1.76. The molecule has 1 saturated carbocycles. The zero-order chi connectivity index (χ0) is 12.4. The Morgan fingerprint density at radius 2 is 2.00 bits per heavy atom. The van der Waals surface area contributed by atoms with Crippen LogP contribution in [0.3, 0.4) is 0 Å². The highest BCUT2D eigenvalue weighted by Gasteiger charge is 2.29. The summed E-state index contributed by atoms with van der Waals surface area (Å²) in [6.07, 6.45) is 2.31. The molecular weight excluding hydrogens is 233 g/mol. The number of hydrogen-bond donors (Lipinski definition) is 1. The lowest BCUT2D eigenvalue weighted by Gasteiger charge is -2.01. The van der Waals surface area contributed by atoms with Gasteiger partial charge in [-0.05, 0) is 30.5 Å². The van der Waals surface area contributed by atoms with E-state index in [0.29, 0.717) is 24.8 Å². The van der Waals surface area contributed by atoms with Gasteiger partial charge in [-0.25, -0.2) is 4.39 Å². The Kier molecular flexibility index (Phi) is 3.06. The first-order valence-corrected chi connectivity index (χ1v) is 6.09. The third-order valence-corrected chi connectivity index (χ3v) is 2.94. The lowest BCUT2D eigenvalue weighted by molar-refractivity contribution is 0.372. The normalized spacial score (nSPS) is 14.9. The van der Waals surface area contributed by atoms with Gasteiger partial charge < -0.3 is 9.84 Å². The molecule has 1 aromatic carbocycles. The fourth-order valence-electron chi connectivity index (χ4n) is 1.76. The summed E-state index contributed by atoms with van der Waals surface area (Å²) >= 11 is 0. The molecule has 94 valence electrons. The first kappa shape index (κ1) is 11.3. The van der Waals surface area contributed by atoms with E-state index in [2.05, 4.69) is 15.5 Å². The highest BCUT2D eigenvalue weighted by atomic mass is 19.1. The Morgan fingerprint density at radius 1 is 1.22 bits per heavy atom. The average Bonchev–Trinajstić information content (AvgIpc) is 3.12. The van der Waals surface area contributed by atoms with Crippen LogP contribution in [0.2, 0.25) is 0 Å². The van der Waals surface area contributed by atoms with E-state index in [1.165, 1.54) is 12.1 Å². The summed E-state index contributed by atoms with van der Waals surface area (Å²) in [6, 6.07) is 6.43. The number of nitrogens with zero attached hydrogens (tertiary/aromatic N) is 2. The molecule has 2 aromatic rings. The van der Waals surface area contributed by atoms with Crippen LogP contribution in [0.15, 0.2) is 28.8 Å². The summed E-state index contributed by atoms with van der Waals surface area (Å²) in [5, 5.41) is 7.12. The molecule has 0 spiro atoms. The quantitative estimate of drug-likeness (QED) is 0.881. The van der Waals surface area contributed by atoms with Gasteiger partial charge in [-0.3, -0.25) is 0 Å². The number of halogens is 1. The predicted octanol–water partition coefficient (Wildman–Crippen LogP) is 2.38. The number of nitrogens with one attached hydrogen (secondary N) is 1. The Morgan fingerprint density at radius 3 is 2.72 bits per heavy atom. The van der Waals surface area contributed by atoms with Crippen molar-refractivity contribution in [2.45, 2.75) is 31.8 Å². The third-order valence-electron chi connectivity index (χ3n) is 2.94. The summed E-state index contributed by atoms with van der Waals surface area (Å²) in [6.45, 7) is 1.22. The van der Waals surface area contributed by atoms with Crippen LogP contribution < -0.4 is 5.32 Å². The molecule has 0 aliphatic heterocycles. The molecule has 18 heavy (non-hydrogen) atoms. The monoisotopic (exact) mass is 247 g/mol. The zero-order valence-corrected chi connectivity index (χ0v) is 9.90. The van der Waals surface area contributed by atoms with Gasteiger partial charge in [0.25, 0.3) is 0 Å². The summed E-state index contributed by atoms with van der Waals surface area (Å²) in [5.74, 6) is 1.71. The van der Waals surface area contributed by atoms with Crippen molar-refractivity contribution in [2.75, 3.05) is 0 Å². The van der Waals surface area contributed by atoms with Gasteiger partial charge in [0, 0.05) is 12.5 Å². The van der Waals surface area contributed by atoms with Gasteiger partial charge in [0.05, 0.1) is 6.54 Å². The molecule has 1 aliphatic rings. The largest absolute Gasteiger partial charge is 0.339 e. The van der Waals surface area contributed by atoms with Crippen LogP contribution in [0, 0.1) is 5.82 Å². The summed E-state index contributed by atoms with van der Waals surface area (Å²) in [7, 11) is 0. The van der Waals surface area contributed by atoms with Crippen molar-refractivity contribution in [3.63, 3.8) is 0 Å². The van der Waals surface area contributed by atoms with Crippen molar-refractivity contribution >= 4 is 0 Å². The second kappa shape index (κ2) is 4.86. The summed E-state index contributed by atoms with van der Waals surface area (Å²) in [4.78, 5) is 4.32. The fraction of sp³-hybridized carbons (Fsp3) is 0.385. The molecule has 0 radical (unpaired) electrons. The van der Waals surface area contributed by atoms with Crippen molar-refractivity contribution in [3.05, 3.63) is 47.4 Å². The van der Waals surface area contributed by atoms with Crippen molar-refractivity contribution < 1.29 is 8.91 Å². The second-order valence-corrected chi connectivity index (χ2v) is 4.55. The molecule has 5 heteroatoms. The molecular formula is C13H14FN3O. The molecule has 0 unspecified atom stereocenters. The smallest absolute Gasteiger partial charge is 0.229 e. The summed E-state index contributed by atoms with van der Waals surface area (Å²) in [5.41, 5.74) is 1.03. The van der Waals surface area contributed by atoms with E-state index in [4.69, 9.17) is 4.52 Å². The molecule has 3 rings (SSSR count). The van der Waals surface area contributed by atoms with Crippen molar-refractivity contribution in [3.8, 4) is 0 Å². The predicted molar refractivity (Wildman–Crippen MR) is 63.2 cm³/mol. The Balaban J connectivity index is 1.49. The number of rotatable bonds is 5. The van der Waals surface area contributed by atoms with Gasteiger partial charge >= 0.3 is 0 Å². The highest BCUT2D eigenvalue weighted by molar-refractivity contribution is 5.15. The van der Waals surface area contributed by atoms with Crippen LogP contribution in [0.4, 0.5) is 4.39 Å². The van der Waals surface area contributed by atoms with Crippen LogP contribution in [-0.2, 0) is 13.1 Å². The maximum Gasteiger partial charge on any atom is 0.229 e. The van der Waals surface area contributed by atoms with Gasteiger partial charge in [-0.15, -0.1) is 0 Å². The molecule has 0 amide bonds. The molecule has 1 aromatic heterocycles. The van der Waals surface area contributed by atoms with Crippen LogP contribution in [0.25, 0.3) is 0 Å². The molecule has 1 heterocycles. The first-order valence-electron chi connectivity index (χ1n) is 6.09. The minimum absolute atomic E-state index is 0.217. The SMILES string of the molecule is Fc1ccc(CNCc2noc(C3CC3)n2)cc1. The minimum Gasteiger partial charge on any atom is -0.339 e. The Labute approximate surface area is 104 Å². The van der Waals surface area contributed by atoms with E-state index < -0.39 is 0 Å². The topological polar surface area (TPSA) is 51.0 Å². The second-order valence-electron chi connectivity index (χ2n) is 4.55. The molecule has 0 saturated heterocycles. The average molecular weight is 247 g/mol. The molecule has 1 fully saturated rings. The third kappa shape index (κ3) is 2.73. The van der Waals surface area contributed by atoms with Gasteiger partial charge in [-0.1, -0.05) is 17.3 Å². The van der Waals surface area contributed by atoms with E-state index in [9.17, 15) is 4.39 Å². The standard InChI is InChI=1S/C13H14FN3O/c14-11-5-1-9(2-6-11)7-15-8-12-16-13(18-17-12)10-3-4-10/h1-2,5-6,10,15H,3-4,7-8H2. The van der Waals surface area contributed by atoms with E-state index in [0.717, 1.165) is 24.3 Å². The first-order chi connectivity index (χ1) is 8.81. The summed E-state index contributed by atoms with van der Waals surface area (Å²) < 4.78 is 17.9. The van der Waals surface area contributed by atoms with Gasteiger partial charge in [0.2, 0.25) is 5.89 Å². The van der Waals surface area contributed by atoms with Crippen LogP contribution >= 0.6 is 0 Å². The number of benzene rings is 1. The zero-order valence-electron chi connectivity index (χ0n) is 9.90. The van der Waals surface area contributed by atoms with Crippen molar-refractivity contribution in [2.24, 2.45) is 0 Å². The maximum atomic E-state index is 12.7. The maximum absolute atomic E-state index is 12.7. The molecule has 4 nitrogen and oxygen atoms in total. The van der Waals surface area contributed by atoms with E-state index in [-0.39, 0.29) is 5.82 Å². The molecule has 1 N–H and O–H groups in total. The number of hydrogen-bond acceptors (Lipinski definition) is 4. The van der Waals surface area contributed by atoms with Crippen molar-refractivity contribution in [1.82, 2.24) is 15.5 Å². The van der Waals surface area contributed by atoms with Gasteiger partial charge in [0.1, 0.15) is 5.82 Å². The van der Waals surface area contributed by atoms with Crippen LogP contribution in [-0.4, -0.2) is 10.1 Å². The molecule has 0 bridgehead atoms.